The van der Waals surface area contributed by atoms with E-state index in [4.69, 9.17) is 14.2 Å². The van der Waals surface area contributed by atoms with Gasteiger partial charge in [0.05, 0.1) is 36.8 Å². The van der Waals surface area contributed by atoms with Gasteiger partial charge in [0.2, 0.25) is 10.0 Å². The SMILES string of the molecule is CCOC(=O)c1ccc(S(=O)(=O)N(Cc2cc3cc(OC)c(OC)cc3[nH]c2=O)C2CCCCC2)cc1. The molecule has 0 amide bonds. The largest absolute Gasteiger partial charge is 0.493 e. The van der Waals surface area contributed by atoms with Gasteiger partial charge < -0.3 is 19.2 Å². The van der Waals surface area contributed by atoms with Gasteiger partial charge in [-0.3, -0.25) is 4.79 Å². The monoisotopic (exact) mass is 528 g/mol. The molecule has 0 unspecified atom stereocenters. The first kappa shape index (κ1) is 26.7. The standard InChI is InChI=1S/C27H32N2O7S/c1-4-36-27(31)18-10-12-22(13-11-18)37(32,33)29(21-8-6-5-7-9-21)17-20-14-19-15-24(34-2)25(35-3)16-23(19)28-26(20)30/h10-16,21H,4-9,17H2,1-3H3,(H,28,30). The second kappa shape index (κ2) is 11.4. The van der Waals surface area contributed by atoms with Crippen LogP contribution in [0.5, 0.6) is 11.5 Å². The number of sulfonamides is 1. The lowest BCUT2D eigenvalue weighted by molar-refractivity contribution is 0.0526. The van der Waals surface area contributed by atoms with Crippen molar-refractivity contribution in [1.29, 1.82) is 0 Å². The maximum Gasteiger partial charge on any atom is 0.338 e. The number of carbonyl (C=O) groups excluding carboxylic acids is 1. The van der Waals surface area contributed by atoms with Crippen molar-refractivity contribution in [1.82, 2.24) is 9.29 Å². The van der Waals surface area contributed by atoms with Gasteiger partial charge in [-0.05, 0) is 56.2 Å². The summed E-state index contributed by atoms with van der Waals surface area (Å²) in [6, 6.07) is 10.6. The summed E-state index contributed by atoms with van der Waals surface area (Å²) in [5.41, 5.74) is 0.804. The fraction of sp³-hybridized carbons (Fsp3) is 0.407. The van der Waals surface area contributed by atoms with Crippen molar-refractivity contribution in [2.45, 2.75) is 56.5 Å². The van der Waals surface area contributed by atoms with Crippen LogP contribution in [0.3, 0.4) is 0 Å². The molecule has 0 aliphatic heterocycles. The Kier molecular flexibility index (Phi) is 8.19. The number of hydrogen-bond acceptors (Lipinski definition) is 7. The highest BCUT2D eigenvalue weighted by Crippen LogP contribution is 2.33. The zero-order chi connectivity index (χ0) is 26.6. The molecule has 4 rings (SSSR count). The number of pyridine rings is 1. The predicted molar refractivity (Wildman–Crippen MR) is 140 cm³/mol. The van der Waals surface area contributed by atoms with Crippen molar-refractivity contribution in [2.75, 3.05) is 20.8 Å². The molecule has 0 atom stereocenters. The molecule has 1 aromatic heterocycles. The molecular weight excluding hydrogens is 496 g/mol. The number of benzene rings is 2. The van der Waals surface area contributed by atoms with Gasteiger partial charge in [0.15, 0.2) is 11.5 Å². The van der Waals surface area contributed by atoms with Crippen molar-refractivity contribution < 1.29 is 27.4 Å². The number of aromatic amines is 1. The lowest BCUT2D eigenvalue weighted by atomic mass is 9.95. The van der Waals surface area contributed by atoms with Crippen molar-refractivity contribution in [2.24, 2.45) is 0 Å². The summed E-state index contributed by atoms with van der Waals surface area (Å²) in [5, 5.41) is 0.701. The fourth-order valence-corrected chi connectivity index (χ4v) is 6.42. The number of rotatable bonds is 9. The van der Waals surface area contributed by atoms with Crippen LogP contribution in [0.25, 0.3) is 10.9 Å². The van der Waals surface area contributed by atoms with Crippen molar-refractivity contribution in [3.8, 4) is 11.5 Å². The van der Waals surface area contributed by atoms with Crippen LogP contribution < -0.4 is 15.0 Å². The van der Waals surface area contributed by atoms with E-state index in [1.54, 1.807) is 25.1 Å². The third-order valence-corrected chi connectivity index (χ3v) is 8.62. The smallest absolute Gasteiger partial charge is 0.338 e. The number of fused-ring (bicyclic) bond motifs is 1. The van der Waals surface area contributed by atoms with E-state index in [0.29, 0.717) is 28.0 Å². The minimum absolute atomic E-state index is 0.0646. The molecular formula is C27H32N2O7S. The van der Waals surface area contributed by atoms with Crippen molar-refractivity contribution in [3.05, 3.63) is 63.9 Å². The average molecular weight is 529 g/mol. The summed E-state index contributed by atoms with van der Waals surface area (Å²) >= 11 is 0. The van der Waals surface area contributed by atoms with Crippen molar-refractivity contribution >= 4 is 26.9 Å². The first-order valence-corrected chi connectivity index (χ1v) is 13.8. The number of H-pyrrole nitrogens is 1. The van der Waals surface area contributed by atoms with Crippen LogP contribution in [0.4, 0.5) is 0 Å². The maximum absolute atomic E-state index is 13.9. The Morgan fingerprint density at radius 3 is 2.27 bits per heavy atom. The second-order valence-corrected chi connectivity index (χ2v) is 10.9. The molecule has 1 heterocycles. The number of esters is 1. The molecule has 1 fully saturated rings. The minimum atomic E-state index is -3.96. The Labute approximate surface area is 216 Å². The van der Waals surface area contributed by atoms with Gasteiger partial charge in [0.25, 0.3) is 5.56 Å². The second-order valence-electron chi connectivity index (χ2n) is 9.01. The molecule has 9 nitrogen and oxygen atoms in total. The fourth-order valence-electron chi connectivity index (χ4n) is 4.76. The van der Waals surface area contributed by atoms with Gasteiger partial charge in [0, 0.05) is 29.6 Å². The highest BCUT2D eigenvalue weighted by molar-refractivity contribution is 7.89. The summed E-state index contributed by atoms with van der Waals surface area (Å²) in [5.74, 6) is 0.480. The quantitative estimate of drug-likeness (QED) is 0.413. The molecule has 37 heavy (non-hydrogen) atoms. The number of nitrogens with one attached hydrogen (secondary N) is 1. The molecule has 0 radical (unpaired) electrons. The number of methoxy groups -OCH3 is 2. The highest BCUT2D eigenvalue weighted by atomic mass is 32.2. The zero-order valence-electron chi connectivity index (χ0n) is 21.3. The Morgan fingerprint density at radius 2 is 1.65 bits per heavy atom. The molecule has 2 aromatic carbocycles. The Balaban J connectivity index is 1.73. The lowest BCUT2D eigenvalue weighted by Crippen LogP contribution is -2.42. The molecule has 1 aliphatic rings. The molecule has 0 bridgehead atoms. The molecule has 1 N–H and O–H groups in total. The van der Waals surface area contributed by atoms with Crippen molar-refractivity contribution in [3.63, 3.8) is 0 Å². The van der Waals surface area contributed by atoms with E-state index in [0.717, 1.165) is 32.1 Å². The molecule has 10 heteroatoms. The summed E-state index contributed by atoms with van der Waals surface area (Å²) in [6.07, 6.45) is 4.33. The number of nitrogens with zero attached hydrogens (tertiary/aromatic N) is 1. The van der Waals surface area contributed by atoms with Crippen LogP contribution in [-0.4, -0.2) is 50.5 Å². The van der Waals surface area contributed by atoms with Crippen LogP contribution >= 0.6 is 0 Å². The molecule has 0 spiro atoms. The summed E-state index contributed by atoms with van der Waals surface area (Å²) in [7, 11) is -0.919. The number of aromatic nitrogens is 1. The maximum atomic E-state index is 13.9. The normalized spacial score (nSPS) is 14.6. The van der Waals surface area contributed by atoms with Gasteiger partial charge in [-0.15, -0.1) is 0 Å². The Morgan fingerprint density at radius 1 is 1.00 bits per heavy atom. The van der Waals surface area contributed by atoms with E-state index in [-0.39, 0.29) is 35.2 Å². The van der Waals surface area contributed by atoms with Crippen LogP contribution in [-0.2, 0) is 21.3 Å². The predicted octanol–water partition coefficient (Wildman–Crippen LogP) is 4.25. The molecule has 0 saturated heterocycles. The number of carbonyl (C=O) groups is 1. The summed E-state index contributed by atoms with van der Waals surface area (Å²) in [4.78, 5) is 28.0. The van der Waals surface area contributed by atoms with Crippen LogP contribution in [0.2, 0.25) is 0 Å². The topological polar surface area (TPSA) is 115 Å². The number of hydrogen-bond donors (Lipinski definition) is 1. The molecule has 198 valence electrons. The molecule has 3 aromatic rings. The van der Waals surface area contributed by atoms with E-state index in [1.165, 1.54) is 42.8 Å². The van der Waals surface area contributed by atoms with E-state index >= 15 is 0 Å². The molecule has 1 saturated carbocycles. The van der Waals surface area contributed by atoms with E-state index in [2.05, 4.69) is 4.98 Å². The van der Waals surface area contributed by atoms with Gasteiger partial charge in [-0.1, -0.05) is 19.3 Å². The first-order chi connectivity index (χ1) is 17.8. The highest BCUT2D eigenvalue weighted by Gasteiger charge is 2.33. The average Bonchev–Trinajstić information content (AvgIpc) is 2.91. The zero-order valence-corrected chi connectivity index (χ0v) is 22.1. The lowest BCUT2D eigenvalue weighted by Gasteiger charge is -2.33. The van der Waals surface area contributed by atoms with Crippen LogP contribution in [0.15, 0.2) is 52.2 Å². The van der Waals surface area contributed by atoms with Gasteiger partial charge in [0.1, 0.15) is 0 Å². The number of ether oxygens (including phenoxy) is 3. The first-order valence-electron chi connectivity index (χ1n) is 12.4. The van der Waals surface area contributed by atoms with E-state index < -0.39 is 16.0 Å². The van der Waals surface area contributed by atoms with Gasteiger partial charge in [-0.25, -0.2) is 13.2 Å². The summed E-state index contributed by atoms with van der Waals surface area (Å²) < 4.78 is 44.9. The minimum Gasteiger partial charge on any atom is -0.493 e. The molecule has 1 aliphatic carbocycles. The van der Waals surface area contributed by atoms with E-state index in [9.17, 15) is 18.0 Å². The third kappa shape index (κ3) is 5.65. The summed E-state index contributed by atoms with van der Waals surface area (Å²) in [6.45, 7) is 1.86. The van der Waals surface area contributed by atoms with Gasteiger partial charge >= 0.3 is 5.97 Å². The Bertz CT molecular complexity index is 1430. The third-order valence-electron chi connectivity index (χ3n) is 6.71. The van der Waals surface area contributed by atoms with Crippen LogP contribution in [0, 0.1) is 0 Å². The Hall–Kier alpha value is -3.37. The van der Waals surface area contributed by atoms with E-state index in [1.807, 2.05) is 0 Å². The van der Waals surface area contributed by atoms with Gasteiger partial charge in [-0.2, -0.15) is 4.31 Å². The van der Waals surface area contributed by atoms with Crippen LogP contribution in [0.1, 0.15) is 54.9 Å².